The quantitative estimate of drug-likeness (QED) is 0.457. The number of halogens is 1. The van der Waals surface area contributed by atoms with Gasteiger partial charge in [0.15, 0.2) is 0 Å². The number of thiophene rings is 1. The molecule has 5 nitrogen and oxygen atoms in total. The number of hydrogen-bond acceptors (Lipinski definition) is 5. The van der Waals surface area contributed by atoms with Crippen molar-refractivity contribution in [2.45, 2.75) is 31.9 Å². The largest absolute Gasteiger partial charge is 0.507 e. The van der Waals surface area contributed by atoms with Gasteiger partial charge >= 0.3 is 0 Å². The van der Waals surface area contributed by atoms with Crippen LogP contribution in [0.1, 0.15) is 34.9 Å². The van der Waals surface area contributed by atoms with Crippen molar-refractivity contribution < 1.29 is 19.4 Å². The average Bonchev–Trinajstić information content (AvgIpc) is 3.39. The smallest absolute Gasteiger partial charge is 0.295 e. The molecular weight excluding hydrogens is 398 g/mol. The molecular formula is C21H20ClNO4S. The Morgan fingerprint density at radius 1 is 1.36 bits per heavy atom. The van der Waals surface area contributed by atoms with Crippen LogP contribution in [0, 0.1) is 6.92 Å². The standard InChI is InChI=1S/C21H20ClNO4S/c1-12-7-9-28-20(12)17-16(18(24)13-4-2-5-14(22)10-13)19(25)21(26)23(17)11-15-6-3-8-27-15/h2,4-5,7,9-10,15,17,24H,3,6,8,11H2,1H3/b18-16-. The van der Waals surface area contributed by atoms with Crippen LogP contribution in [-0.4, -0.2) is 41.0 Å². The minimum Gasteiger partial charge on any atom is -0.507 e. The fourth-order valence-corrected chi connectivity index (χ4v) is 5.04. The lowest BCUT2D eigenvalue weighted by Gasteiger charge is -2.27. The Kier molecular flexibility index (Phi) is 5.27. The Balaban J connectivity index is 1.83. The molecule has 0 saturated carbocycles. The molecule has 7 heteroatoms. The van der Waals surface area contributed by atoms with Crippen molar-refractivity contribution in [3.8, 4) is 0 Å². The van der Waals surface area contributed by atoms with Gasteiger partial charge in [0, 0.05) is 28.6 Å². The number of carbonyl (C=O) groups is 2. The first-order chi connectivity index (χ1) is 13.5. The van der Waals surface area contributed by atoms with Gasteiger partial charge in [0.1, 0.15) is 5.76 Å². The number of ether oxygens (including phenoxy) is 1. The van der Waals surface area contributed by atoms with E-state index in [1.807, 2.05) is 18.4 Å². The van der Waals surface area contributed by atoms with E-state index >= 15 is 0 Å². The first-order valence-corrected chi connectivity index (χ1v) is 10.4. The summed E-state index contributed by atoms with van der Waals surface area (Å²) in [6, 6.07) is 7.98. The molecule has 28 heavy (non-hydrogen) atoms. The van der Waals surface area contributed by atoms with Gasteiger partial charge in [-0.1, -0.05) is 23.7 Å². The number of ketones is 1. The molecule has 3 heterocycles. The van der Waals surface area contributed by atoms with Gasteiger partial charge < -0.3 is 14.7 Å². The van der Waals surface area contributed by atoms with Crippen LogP contribution in [0.4, 0.5) is 0 Å². The summed E-state index contributed by atoms with van der Waals surface area (Å²) < 4.78 is 5.69. The zero-order chi connectivity index (χ0) is 19.8. The molecule has 2 fully saturated rings. The third kappa shape index (κ3) is 3.36. The molecule has 1 aromatic heterocycles. The van der Waals surface area contributed by atoms with Crippen LogP contribution < -0.4 is 0 Å². The highest BCUT2D eigenvalue weighted by atomic mass is 35.5. The molecule has 4 rings (SSSR count). The predicted molar refractivity (Wildman–Crippen MR) is 108 cm³/mol. The van der Waals surface area contributed by atoms with Crippen molar-refractivity contribution in [2.24, 2.45) is 0 Å². The van der Waals surface area contributed by atoms with Crippen LogP contribution in [0.15, 0.2) is 41.3 Å². The summed E-state index contributed by atoms with van der Waals surface area (Å²) in [5.41, 5.74) is 1.50. The van der Waals surface area contributed by atoms with Crippen LogP contribution in [0.3, 0.4) is 0 Å². The van der Waals surface area contributed by atoms with Crippen molar-refractivity contribution in [3.05, 3.63) is 62.3 Å². The molecule has 2 aromatic rings. The van der Waals surface area contributed by atoms with Gasteiger partial charge in [-0.25, -0.2) is 0 Å². The molecule has 0 bridgehead atoms. The molecule has 1 N–H and O–H groups in total. The highest BCUT2D eigenvalue weighted by molar-refractivity contribution is 7.10. The van der Waals surface area contributed by atoms with E-state index in [0.29, 0.717) is 23.7 Å². The van der Waals surface area contributed by atoms with Crippen LogP contribution in [0.5, 0.6) is 0 Å². The van der Waals surface area contributed by atoms with E-state index < -0.39 is 17.7 Å². The van der Waals surface area contributed by atoms with E-state index in [2.05, 4.69) is 0 Å². The third-order valence-electron chi connectivity index (χ3n) is 5.21. The Hall–Kier alpha value is -2.15. The summed E-state index contributed by atoms with van der Waals surface area (Å²) in [5.74, 6) is -1.47. The molecule has 2 aliphatic rings. The number of nitrogens with zero attached hydrogens (tertiary/aromatic N) is 1. The second kappa shape index (κ2) is 7.70. The monoisotopic (exact) mass is 417 g/mol. The summed E-state index contributed by atoms with van der Waals surface area (Å²) >= 11 is 7.53. The van der Waals surface area contributed by atoms with Crippen molar-refractivity contribution in [2.75, 3.05) is 13.2 Å². The van der Waals surface area contributed by atoms with Gasteiger partial charge in [0.05, 0.1) is 17.7 Å². The SMILES string of the molecule is Cc1ccsc1C1/C(=C(/O)c2cccc(Cl)c2)C(=O)C(=O)N1CC1CCCO1. The molecule has 2 atom stereocenters. The fourth-order valence-electron chi connectivity index (χ4n) is 3.80. The van der Waals surface area contributed by atoms with Gasteiger partial charge in [-0.2, -0.15) is 0 Å². The number of carbonyl (C=O) groups excluding carboxylic acids is 2. The van der Waals surface area contributed by atoms with E-state index in [1.54, 1.807) is 29.2 Å². The molecule has 0 radical (unpaired) electrons. The third-order valence-corrected chi connectivity index (χ3v) is 6.52. The molecule has 0 spiro atoms. The average molecular weight is 418 g/mol. The van der Waals surface area contributed by atoms with Crippen molar-refractivity contribution in [1.29, 1.82) is 0 Å². The molecule has 2 unspecified atom stereocenters. The normalized spacial score (nSPS) is 24.3. The molecule has 146 valence electrons. The summed E-state index contributed by atoms with van der Waals surface area (Å²) in [4.78, 5) is 28.2. The number of rotatable bonds is 4. The van der Waals surface area contributed by atoms with Gasteiger partial charge in [-0.15, -0.1) is 11.3 Å². The van der Waals surface area contributed by atoms with Gasteiger partial charge in [0.25, 0.3) is 11.7 Å². The Bertz CT molecular complexity index is 961. The number of aliphatic hydroxyl groups is 1. The van der Waals surface area contributed by atoms with Crippen molar-refractivity contribution in [3.63, 3.8) is 0 Å². The van der Waals surface area contributed by atoms with E-state index in [4.69, 9.17) is 16.3 Å². The molecule has 2 saturated heterocycles. The minimum absolute atomic E-state index is 0.0906. The Labute approximate surface area is 172 Å². The Morgan fingerprint density at radius 2 is 2.18 bits per heavy atom. The van der Waals surface area contributed by atoms with Crippen molar-refractivity contribution in [1.82, 2.24) is 4.90 Å². The lowest BCUT2D eigenvalue weighted by Crippen LogP contribution is -2.36. The Morgan fingerprint density at radius 3 is 2.82 bits per heavy atom. The zero-order valence-corrected chi connectivity index (χ0v) is 16.9. The summed E-state index contributed by atoms with van der Waals surface area (Å²) in [7, 11) is 0. The van der Waals surface area contributed by atoms with E-state index in [0.717, 1.165) is 23.3 Å². The lowest BCUT2D eigenvalue weighted by molar-refractivity contribution is -0.140. The lowest BCUT2D eigenvalue weighted by atomic mass is 9.98. The summed E-state index contributed by atoms with van der Waals surface area (Å²) in [6.07, 6.45) is 1.71. The number of likely N-dealkylation sites (tertiary alicyclic amines) is 1. The topological polar surface area (TPSA) is 66.8 Å². The predicted octanol–water partition coefficient (Wildman–Crippen LogP) is 4.31. The molecule has 1 amide bonds. The molecule has 2 aliphatic heterocycles. The highest BCUT2D eigenvalue weighted by Gasteiger charge is 2.47. The molecule has 0 aliphatic carbocycles. The van der Waals surface area contributed by atoms with E-state index in [1.165, 1.54) is 11.3 Å². The maximum absolute atomic E-state index is 12.9. The number of aryl methyl sites for hydroxylation is 1. The van der Waals surface area contributed by atoms with Crippen LogP contribution >= 0.6 is 22.9 Å². The zero-order valence-electron chi connectivity index (χ0n) is 15.4. The minimum atomic E-state index is -0.673. The summed E-state index contributed by atoms with van der Waals surface area (Å²) in [6.45, 7) is 2.94. The second-order valence-corrected chi connectivity index (χ2v) is 8.45. The van der Waals surface area contributed by atoms with Gasteiger partial charge in [0.2, 0.25) is 0 Å². The highest BCUT2D eigenvalue weighted by Crippen LogP contribution is 2.43. The van der Waals surface area contributed by atoms with E-state index in [-0.39, 0.29) is 17.4 Å². The number of amides is 1. The van der Waals surface area contributed by atoms with E-state index in [9.17, 15) is 14.7 Å². The van der Waals surface area contributed by atoms with Crippen LogP contribution in [0.2, 0.25) is 5.02 Å². The number of aliphatic hydroxyl groups excluding tert-OH is 1. The second-order valence-electron chi connectivity index (χ2n) is 7.06. The number of Topliss-reactive ketones (excluding diaryl/α,β-unsaturated/α-hetero) is 1. The maximum atomic E-state index is 12.9. The van der Waals surface area contributed by atoms with Gasteiger partial charge in [-0.05, 0) is 48.9 Å². The first-order valence-electron chi connectivity index (χ1n) is 9.17. The van der Waals surface area contributed by atoms with Crippen LogP contribution in [-0.2, 0) is 14.3 Å². The van der Waals surface area contributed by atoms with Crippen molar-refractivity contribution >= 4 is 40.4 Å². The summed E-state index contributed by atoms with van der Waals surface area (Å²) in [5, 5.41) is 13.3. The fraction of sp³-hybridized carbons (Fsp3) is 0.333. The number of benzene rings is 1. The maximum Gasteiger partial charge on any atom is 0.295 e. The van der Waals surface area contributed by atoms with Gasteiger partial charge in [-0.3, -0.25) is 9.59 Å². The molecule has 1 aromatic carbocycles. The first kappa shape index (κ1) is 19.2. The van der Waals surface area contributed by atoms with Crippen LogP contribution in [0.25, 0.3) is 5.76 Å². The number of hydrogen-bond donors (Lipinski definition) is 1.